The standard InChI is InChI=1S/C10H11ClN4O2S/c11-9-2-1-7(12)3-10(9)18(16,17)15-5-8-4-13-6-14-8/h1-4,6,15H,5,12H2,(H,13,14). The molecule has 0 aliphatic heterocycles. The van der Waals surface area contributed by atoms with Gasteiger partial charge in [-0.25, -0.2) is 18.1 Å². The lowest BCUT2D eigenvalue weighted by Gasteiger charge is -2.08. The van der Waals surface area contributed by atoms with E-state index in [0.29, 0.717) is 11.4 Å². The van der Waals surface area contributed by atoms with Crippen molar-refractivity contribution in [3.8, 4) is 0 Å². The second-order valence-electron chi connectivity index (χ2n) is 3.59. The highest BCUT2D eigenvalue weighted by molar-refractivity contribution is 7.89. The van der Waals surface area contributed by atoms with E-state index >= 15 is 0 Å². The van der Waals surface area contributed by atoms with Crippen molar-refractivity contribution in [2.75, 3.05) is 5.73 Å². The van der Waals surface area contributed by atoms with Gasteiger partial charge < -0.3 is 10.7 Å². The third-order valence-corrected chi connectivity index (χ3v) is 4.14. The third kappa shape index (κ3) is 2.81. The molecule has 18 heavy (non-hydrogen) atoms. The van der Waals surface area contributed by atoms with E-state index in [9.17, 15) is 8.42 Å². The minimum atomic E-state index is -3.70. The van der Waals surface area contributed by atoms with E-state index in [1.54, 1.807) is 0 Å². The van der Waals surface area contributed by atoms with Crippen LogP contribution in [0, 0.1) is 0 Å². The molecule has 0 radical (unpaired) electrons. The first-order valence-corrected chi connectivity index (χ1v) is 6.87. The Morgan fingerprint density at radius 3 is 2.89 bits per heavy atom. The summed E-state index contributed by atoms with van der Waals surface area (Å²) in [5.74, 6) is 0. The van der Waals surface area contributed by atoms with Gasteiger partial charge in [0.05, 0.1) is 17.9 Å². The summed E-state index contributed by atoms with van der Waals surface area (Å²) in [4.78, 5) is 6.54. The number of sulfonamides is 1. The normalized spacial score (nSPS) is 11.6. The van der Waals surface area contributed by atoms with Gasteiger partial charge in [0, 0.05) is 17.6 Å². The Morgan fingerprint density at radius 2 is 2.22 bits per heavy atom. The molecule has 0 fully saturated rings. The SMILES string of the molecule is Nc1ccc(Cl)c(S(=O)(=O)NCc2cnc[nH]2)c1. The van der Waals surface area contributed by atoms with Gasteiger partial charge in [0.25, 0.3) is 0 Å². The largest absolute Gasteiger partial charge is 0.399 e. The van der Waals surface area contributed by atoms with Crippen LogP contribution >= 0.6 is 11.6 Å². The molecule has 1 heterocycles. The molecule has 2 rings (SSSR count). The number of H-pyrrole nitrogens is 1. The molecule has 6 nitrogen and oxygen atoms in total. The van der Waals surface area contributed by atoms with Gasteiger partial charge >= 0.3 is 0 Å². The van der Waals surface area contributed by atoms with Gasteiger partial charge in [-0.3, -0.25) is 0 Å². The van der Waals surface area contributed by atoms with Crippen molar-refractivity contribution >= 4 is 27.3 Å². The smallest absolute Gasteiger partial charge is 0.242 e. The number of halogens is 1. The van der Waals surface area contributed by atoms with Crippen molar-refractivity contribution in [2.45, 2.75) is 11.4 Å². The Balaban J connectivity index is 2.22. The molecule has 96 valence electrons. The van der Waals surface area contributed by atoms with Crippen molar-refractivity contribution in [3.63, 3.8) is 0 Å². The van der Waals surface area contributed by atoms with E-state index in [4.69, 9.17) is 17.3 Å². The monoisotopic (exact) mass is 286 g/mol. The Kier molecular flexibility index (Phi) is 3.55. The van der Waals surface area contributed by atoms with Crippen LogP contribution in [0.4, 0.5) is 5.69 Å². The molecule has 1 aromatic heterocycles. The average molecular weight is 287 g/mol. The number of imidazole rings is 1. The maximum absolute atomic E-state index is 12.0. The quantitative estimate of drug-likeness (QED) is 0.733. The van der Waals surface area contributed by atoms with Gasteiger partial charge in [0.1, 0.15) is 4.90 Å². The average Bonchev–Trinajstić information content (AvgIpc) is 2.83. The molecule has 4 N–H and O–H groups in total. The first-order chi connectivity index (χ1) is 8.49. The molecule has 8 heteroatoms. The van der Waals surface area contributed by atoms with Gasteiger partial charge in [0.2, 0.25) is 10.0 Å². The van der Waals surface area contributed by atoms with E-state index in [1.165, 1.54) is 30.7 Å². The number of nitrogen functional groups attached to an aromatic ring is 1. The van der Waals surface area contributed by atoms with Gasteiger partial charge in [-0.1, -0.05) is 11.6 Å². The predicted octanol–water partition coefficient (Wildman–Crippen LogP) is 1.12. The number of aromatic nitrogens is 2. The number of hydrogen-bond donors (Lipinski definition) is 3. The number of aromatic amines is 1. The first kappa shape index (κ1) is 12.9. The zero-order valence-electron chi connectivity index (χ0n) is 9.22. The van der Waals surface area contributed by atoms with Crippen LogP contribution in [0.1, 0.15) is 5.69 Å². The summed E-state index contributed by atoms with van der Waals surface area (Å²) in [5.41, 5.74) is 6.53. The first-order valence-electron chi connectivity index (χ1n) is 5.01. The Labute approximate surface area is 109 Å². The molecule has 0 aliphatic rings. The van der Waals surface area contributed by atoms with Crippen LogP contribution in [0.15, 0.2) is 35.6 Å². The van der Waals surface area contributed by atoms with Crippen LogP contribution in [0.25, 0.3) is 0 Å². The van der Waals surface area contributed by atoms with Crippen molar-refractivity contribution in [2.24, 2.45) is 0 Å². The summed E-state index contributed by atoms with van der Waals surface area (Å²) >= 11 is 5.85. The number of hydrogen-bond acceptors (Lipinski definition) is 4. The number of nitrogens with zero attached hydrogens (tertiary/aromatic N) is 1. The lowest BCUT2D eigenvalue weighted by Crippen LogP contribution is -2.23. The van der Waals surface area contributed by atoms with Crippen LogP contribution in [0.2, 0.25) is 5.02 Å². The highest BCUT2D eigenvalue weighted by Crippen LogP contribution is 2.23. The summed E-state index contributed by atoms with van der Waals surface area (Å²) in [6.07, 6.45) is 3.00. The van der Waals surface area contributed by atoms with E-state index in [0.717, 1.165) is 0 Å². The minimum Gasteiger partial charge on any atom is -0.399 e. The summed E-state index contributed by atoms with van der Waals surface area (Å²) < 4.78 is 26.4. The molecule has 0 aliphatic carbocycles. The van der Waals surface area contributed by atoms with Gasteiger partial charge in [-0.15, -0.1) is 0 Å². The van der Waals surface area contributed by atoms with Crippen LogP contribution in [0.3, 0.4) is 0 Å². The van der Waals surface area contributed by atoms with E-state index in [1.807, 2.05) is 0 Å². The summed E-state index contributed by atoms with van der Waals surface area (Å²) in [7, 11) is -3.70. The molecule has 0 bridgehead atoms. The fourth-order valence-electron chi connectivity index (χ4n) is 1.36. The summed E-state index contributed by atoms with van der Waals surface area (Å²) in [5, 5.41) is 0.126. The van der Waals surface area contributed by atoms with Gasteiger partial charge in [0.15, 0.2) is 0 Å². The topological polar surface area (TPSA) is 101 Å². The second-order valence-corrected chi connectivity index (χ2v) is 5.73. The molecule has 0 saturated heterocycles. The van der Waals surface area contributed by atoms with Gasteiger partial charge in [-0.2, -0.15) is 0 Å². The number of benzene rings is 1. The highest BCUT2D eigenvalue weighted by atomic mass is 35.5. The molecule has 2 aromatic rings. The molecule has 0 spiro atoms. The third-order valence-electron chi connectivity index (χ3n) is 2.25. The van der Waals surface area contributed by atoms with Crippen LogP contribution in [-0.4, -0.2) is 18.4 Å². The van der Waals surface area contributed by atoms with Gasteiger partial charge in [-0.05, 0) is 18.2 Å². The molecule has 0 atom stereocenters. The molecular weight excluding hydrogens is 276 g/mol. The fourth-order valence-corrected chi connectivity index (χ4v) is 2.90. The number of nitrogens with one attached hydrogen (secondary N) is 2. The Bertz CT molecular complexity index is 640. The number of rotatable bonds is 4. The molecule has 0 saturated carbocycles. The lowest BCUT2D eigenvalue weighted by molar-refractivity contribution is 0.580. The summed E-state index contributed by atoms with van der Waals surface area (Å²) in [6, 6.07) is 4.30. The zero-order chi connectivity index (χ0) is 13.2. The van der Waals surface area contributed by atoms with Crippen molar-refractivity contribution < 1.29 is 8.42 Å². The van der Waals surface area contributed by atoms with Crippen molar-refractivity contribution in [3.05, 3.63) is 41.4 Å². The van der Waals surface area contributed by atoms with Crippen LogP contribution in [0.5, 0.6) is 0 Å². The van der Waals surface area contributed by atoms with E-state index < -0.39 is 10.0 Å². The van der Waals surface area contributed by atoms with Crippen molar-refractivity contribution in [1.82, 2.24) is 14.7 Å². The fraction of sp³-hybridized carbons (Fsp3) is 0.100. The van der Waals surface area contributed by atoms with Crippen LogP contribution < -0.4 is 10.5 Å². The minimum absolute atomic E-state index is 0.0383. The van der Waals surface area contributed by atoms with Crippen LogP contribution in [-0.2, 0) is 16.6 Å². The maximum Gasteiger partial charge on any atom is 0.242 e. The molecule has 1 aromatic carbocycles. The van der Waals surface area contributed by atoms with E-state index in [-0.39, 0.29) is 16.5 Å². The zero-order valence-corrected chi connectivity index (χ0v) is 10.8. The van der Waals surface area contributed by atoms with Crippen molar-refractivity contribution in [1.29, 1.82) is 0 Å². The molecule has 0 amide bonds. The molecule has 0 unspecified atom stereocenters. The number of anilines is 1. The second kappa shape index (κ2) is 4.97. The predicted molar refractivity (Wildman–Crippen MR) is 68.5 cm³/mol. The Hall–Kier alpha value is -1.57. The molecular formula is C10H11ClN4O2S. The van der Waals surface area contributed by atoms with E-state index in [2.05, 4.69) is 14.7 Å². The highest BCUT2D eigenvalue weighted by Gasteiger charge is 2.18. The summed E-state index contributed by atoms with van der Waals surface area (Å²) in [6.45, 7) is 0.105. The Morgan fingerprint density at radius 1 is 1.44 bits per heavy atom. The number of nitrogens with two attached hydrogens (primary N) is 1. The maximum atomic E-state index is 12.0. The lowest BCUT2D eigenvalue weighted by atomic mass is 10.3.